The van der Waals surface area contributed by atoms with E-state index in [0.29, 0.717) is 0 Å². The summed E-state index contributed by atoms with van der Waals surface area (Å²) in [5.41, 5.74) is -0.733. The average Bonchev–Trinajstić information content (AvgIpc) is 2.73. The Hall–Kier alpha value is -1.90. The number of rotatable bonds is 3. The van der Waals surface area contributed by atoms with Gasteiger partial charge < -0.3 is 10.1 Å². The van der Waals surface area contributed by atoms with Crippen LogP contribution >= 0.6 is 11.8 Å². The molecular weight excluding hydrogens is 345 g/mol. The van der Waals surface area contributed by atoms with Gasteiger partial charge in [0.05, 0.1) is 11.4 Å². The van der Waals surface area contributed by atoms with Gasteiger partial charge in [-0.2, -0.15) is 13.2 Å². The Bertz CT molecular complexity index is 651. The van der Waals surface area contributed by atoms with Crippen molar-refractivity contribution in [2.45, 2.75) is 37.9 Å². The lowest BCUT2D eigenvalue weighted by molar-refractivity contribution is -0.137. The van der Waals surface area contributed by atoms with E-state index in [1.54, 1.807) is 13.8 Å². The van der Waals surface area contributed by atoms with Gasteiger partial charge >= 0.3 is 12.3 Å². The summed E-state index contributed by atoms with van der Waals surface area (Å²) >= 11 is 1.04. The van der Waals surface area contributed by atoms with Crippen molar-refractivity contribution in [3.05, 3.63) is 29.8 Å². The third-order valence-corrected chi connectivity index (χ3v) is 4.48. The van der Waals surface area contributed by atoms with Crippen LogP contribution in [0.15, 0.2) is 24.3 Å². The molecule has 2 rings (SSSR count). The molecule has 0 aliphatic carbocycles. The minimum Gasteiger partial charge on any atom is -0.422 e. The highest BCUT2D eigenvalue weighted by atomic mass is 32.2. The fourth-order valence-corrected chi connectivity index (χ4v) is 3.12. The number of benzene rings is 1. The van der Waals surface area contributed by atoms with Crippen LogP contribution in [0.3, 0.4) is 0 Å². The molecule has 132 valence electrons. The number of alkyl carbamates (subject to hydrolysis) is 1. The van der Waals surface area contributed by atoms with Crippen molar-refractivity contribution in [3.63, 3.8) is 0 Å². The summed E-state index contributed by atoms with van der Waals surface area (Å²) in [6.45, 7) is 4.90. The third kappa shape index (κ3) is 3.95. The molecule has 1 fully saturated rings. The Labute approximate surface area is 141 Å². The van der Waals surface area contributed by atoms with Gasteiger partial charge in [0.15, 0.2) is 0 Å². The fourth-order valence-electron chi connectivity index (χ4n) is 2.11. The number of nitrogens with one attached hydrogen (secondary N) is 1. The van der Waals surface area contributed by atoms with Gasteiger partial charge in [-0.15, -0.1) is 0 Å². The van der Waals surface area contributed by atoms with E-state index in [2.05, 4.69) is 5.32 Å². The number of anilines is 1. The molecule has 2 amide bonds. The van der Waals surface area contributed by atoms with Gasteiger partial charge in [0.2, 0.25) is 4.93 Å². The number of ether oxygens (including phenoxy) is 1. The zero-order valence-electron chi connectivity index (χ0n) is 13.3. The van der Waals surface area contributed by atoms with Gasteiger partial charge in [-0.1, -0.05) is 17.8 Å². The Balaban J connectivity index is 2.18. The number of nitrogens with zero attached hydrogens (tertiary/aromatic N) is 1. The highest BCUT2D eigenvalue weighted by Crippen LogP contribution is 2.40. The summed E-state index contributed by atoms with van der Waals surface area (Å²) in [5.74, 6) is -0.489. The van der Waals surface area contributed by atoms with Gasteiger partial charge in [-0.3, -0.25) is 9.69 Å². The molecular formula is C15H17F3N2O3S. The molecule has 1 aromatic rings. The molecule has 0 aromatic heterocycles. The molecule has 1 unspecified atom stereocenters. The van der Waals surface area contributed by atoms with Gasteiger partial charge in [-0.05, 0) is 39.0 Å². The second-order valence-corrected chi connectivity index (χ2v) is 7.01. The molecule has 0 spiro atoms. The van der Waals surface area contributed by atoms with Crippen LogP contribution in [0.2, 0.25) is 0 Å². The SMILES string of the molecule is CC(C)NC(=O)OC1(C)SCN(c2cccc(C(F)(F)F)c2)C1=O. The summed E-state index contributed by atoms with van der Waals surface area (Å²) in [4.78, 5) is 23.9. The van der Waals surface area contributed by atoms with E-state index in [-0.39, 0.29) is 17.6 Å². The smallest absolute Gasteiger partial charge is 0.416 e. The monoisotopic (exact) mass is 362 g/mol. The number of alkyl halides is 3. The summed E-state index contributed by atoms with van der Waals surface area (Å²) in [6.07, 6.45) is -5.25. The number of carbonyl (C=O) groups is 2. The molecule has 0 saturated carbocycles. The second kappa shape index (κ2) is 6.54. The minimum absolute atomic E-state index is 0.0889. The molecule has 1 aliphatic heterocycles. The minimum atomic E-state index is -4.50. The molecule has 1 heterocycles. The Kier molecular flexibility index (Phi) is 5.03. The fraction of sp³-hybridized carbons (Fsp3) is 0.467. The third-order valence-electron chi connectivity index (χ3n) is 3.28. The molecule has 0 bridgehead atoms. The first kappa shape index (κ1) is 18.4. The van der Waals surface area contributed by atoms with E-state index in [9.17, 15) is 22.8 Å². The first-order chi connectivity index (χ1) is 11.0. The maximum atomic E-state index is 12.8. The maximum Gasteiger partial charge on any atom is 0.416 e. The quantitative estimate of drug-likeness (QED) is 0.893. The number of hydrogen-bond acceptors (Lipinski definition) is 4. The summed E-state index contributed by atoms with van der Waals surface area (Å²) < 4.78 is 43.6. The van der Waals surface area contributed by atoms with E-state index in [1.807, 2.05) is 0 Å². The largest absolute Gasteiger partial charge is 0.422 e. The lowest BCUT2D eigenvalue weighted by Gasteiger charge is -2.23. The van der Waals surface area contributed by atoms with E-state index in [4.69, 9.17) is 4.74 Å². The summed E-state index contributed by atoms with van der Waals surface area (Å²) in [5, 5.41) is 2.51. The van der Waals surface area contributed by atoms with E-state index in [0.717, 1.165) is 23.9 Å². The molecule has 24 heavy (non-hydrogen) atoms. The summed E-state index contributed by atoms with van der Waals surface area (Å²) in [7, 11) is 0. The summed E-state index contributed by atoms with van der Waals surface area (Å²) in [6, 6.07) is 4.31. The van der Waals surface area contributed by atoms with Crippen LogP contribution < -0.4 is 10.2 Å². The van der Waals surface area contributed by atoms with E-state index in [1.165, 1.54) is 24.0 Å². The second-order valence-electron chi connectivity index (χ2n) is 5.69. The van der Waals surface area contributed by atoms with Crippen molar-refractivity contribution in [3.8, 4) is 0 Å². The van der Waals surface area contributed by atoms with Crippen LogP contribution in [0.1, 0.15) is 26.3 Å². The van der Waals surface area contributed by atoms with Crippen LogP contribution in [0.4, 0.5) is 23.7 Å². The molecule has 9 heteroatoms. The normalized spacial score (nSPS) is 21.3. The molecule has 1 aromatic carbocycles. The Morgan fingerprint density at radius 2 is 2.08 bits per heavy atom. The topological polar surface area (TPSA) is 58.6 Å². The van der Waals surface area contributed by atoms with Crippen molar-refractivity contribution < 1.29 is 27.5 Å². The van der Waals surface area contributed by atoms with Crippen LogP contribution in [0.25, 0.3) is 0 Å². The van der Waals surface area contributed by atoms with Crippen molar-refractivity contribution in [2.75, 3.05) is 10.8 Å². The molecule has 1 saturated heterocycles. The Morgan fingerprint density at radius 1 is 1.42 bits per heavy atom. The lowest BCUT2D eigenvalue weighted by Crippen LogP contribution is -2.44. The lowest BCUT2D eigenvalue weighted by atomic mass is 10.1. The maximum absolute atomic E-state index is 12.8. The van der Waals surface area contributed by atoms with Crippen LogP contribution in [-0.2, 0) is 15.7 Å². The van der Waals surface area contributed by atoms with Crippen LogP contribution in [0, 0.1) is 0 Å². The standard InChI is InChI=1S/C15H17F3N2O3S/c1-9(2)19-13(22)23-14(3)12(21)20(8-24-14)11-6-4-5-10(7-11)15(16,17)18/h4-7,9H,8H2,1-3H3,(H,19,22). The predicted octanol–water partition coefficient (Wildman–Crippen LogP) is 3.59. The number of halogens is 3. The van der Waals surface area contributed by atoms with Crippen LogP contribution in [0.5, 0.6) is 0 Å². The van der Waals surface area contributed by atoms with E-state index < -0.39 is 28.7 Å². The average molecular weight is 362 g/mol. The van der Waals surface area contributed by atoms with Crippen LogP contribution in [-0.4, -0.2) is 28.9 Å². The number of amides is 2. The van der Waals surface area contributed by atoms with Gasteiger partial charge in [-0.25, -0.2) is 4.79 Å². The van der Waals surface area contributed by atoms with Gasteiger partial charge in [0.1, 0.15) is 0 Å². The molecule has 1 atom stereocenters. The van der Waals surface area contributed by atoms with Gasteiger partial charge in [0.25, 0.3) is 5.91 Å². The number of carbonyl (C=O) groups excluding carboxylic acids is 2. The number of thioether (sulfide) groups is 1. The van der Waals surface area contributed by atoms with Crippen molar-refractivity contribution in [1.82, 2.24) is 5.32 Å². The van der Waals surface area contributed by atoms with E-state index >= 15 is 0 Å². The molecule has 1 N–H and O–H groups in total. The zero-order chi connectivity index (χ0) is 18.1. The first-order valence-electron chi connectivity index (χ1n) is 7.15. The van der Waals surface area contributed by atoms with Gasteiger partial charge in [0, 0.05) is 11.7 Å². The number of hydrogen-bond donors (Lipinski definition) is 1. The van der Waals surface area contributed by atoms with Crippen molar-refractivity contribution >= 4 is 29.4 Å². The van der Waals surface area contributed by atoms with Crippen molar-refractivity contribution in [2.24, 2.45) is 0 Å². The molecule has 0 radical (unpaired) electrons. The predicted molar refractivity (Wildman–Crippen MR) is 84.5 cm³/mol. The molecule has 1 aliphatic rings. The molecule has 5 nitrogen and oxygen atoms in total. The van der Waals surface area contributed by atoms with Crippen molar-refractivity contribution in [1.29, 1.82) is 0 Å². The first-order valence-corrected chi connectivity index (χ1v) is 8.14. The highest BCUT2D eigenvalue weighted by Gasteiger charge is 2.48. The highest BCUT2D eigenvalue weighted by molar-refractivity contribution is 8.01. The zero-order valence-corrected chi connectivity index (χ0v) is 14.1. The Morgan fingerprint density at radius 3 is 2.67 bits per heavy atom.